The first-order valence-corrected chi connectivity index (χ1v) is 19.7. The number of hydrogen-bond acceptors (Lipinski definition) is 13. The quantitative estimate of drug-likeness (QED) is 0.0850. The molecule has 0 bridgehead atoms. The maximum Gasteiger partial charge on any atom is 0.262 e. The Morgan fingerprint density at radius 2 is 1.75 bits per heavy atom. The van der Waals surface area contributed by atoms with Gasteiger partial charge in [-0.3, -0.25) is 39.0 Å². The van der Waals surface area contributed by atoms with E-state index in [4.69, 9.17) is 11.5 Å². The molecule has 0 spiro atoms. The van der Waals surface area contributed by atoms with Crippen LogP contribution in [0.25, 0.3) is 0 Å². The third-order valence-corrected chi connectivity index (χ3v) is 11.2. The van der Waals surface area contributed by atoms with E-state index in [9.17, 15) is 28.8 Å². The Hall–Kier alpha value is -5.55. The molecule has 2 fully saturated rings. The Balaban J connectivity index is 0.868. The molecule has 3 aliphatic rings. The third kappa shape index (κ3) is 9.81. The van der Waals surface area contributed by atoms with E-state index in [1.807, 2.05) is 18.0 Å². The summed E-state index contributed by atoms with van der Waals surface area (Å²) in [6, 6.07) is 11.3. The fourth-order valence-electron chi connectivity index (χ4n) is 6.90. The van der Waals surface area contributed by atoms with E-state index in [2.05, 4.69) is 37.7 Å². The van der Waals surface area contributed by atoms with Crippen LogP contribution in [0.15, 0.2) is 58.6 Å². The van der Waals surface area contributed by atoms with Gasteiger partial charge in [0.25, 0.3) is 11.8 Å². The van der Waals surface area contributed by atoms with E-state index in [0.29, 0.717) is 29.6 Å². The number of hydrogen-bond donors (Lipinski definition) is 5. The number of carbonyl (C=O) groups excluding carboxylic acids is 6. The highest BCUT2D eigenvalue weighted by Crippen LogP contribution is 2.33. The van der Waals surface area contributed by atoms with Gasteiger partial charge in [-0.05, 0) is 75.4 Å². The molecule has 1 aromatic heterocycles. The van der Waals surface area contributed by atoms with Crippen LogP contribution >= 0.6 is 11.8 Å². The summed E-state index contributed by atoms with van der Waals surface area (Å²) in [5.41, 5.74) is 14.2. The molecule has 1 unspecified atom stereocenters. The number of anilines is 4. The maximum atomic E-state index is 13.2. The number of aromatic nitrogens is 2. The monoisotopic (exact) mass is 784 g/mol. The van der Waals surface area contributed by atoms with E-state index in [-0.39, 0.29) is 41.8 Å². The number of nitrogens with one attached hydrogen (secondary N) is 3. The first-order valence-electron chi connectivity index (χ1n) is 18.9. The van der Waals surface area contributed by atoms with Crippen molar-refractivity contribution in [3.05, 3.63) is 59.8 Å². The second-order valence-corrected chi connectivity index (χ2v) is 15.8. The van der Waals surface area contributed by atoms with Crippen molar-refractivity contribution in [2.45, 2.75) is 86.2 Å². The van der Waals surface area contributed by atoms with Crippen molar-refractivity contribution >= 4 is 70.2 Å². The number of unbranched alkanes of at least 4 members (excludes halogenated alkanes) is 3. The Morgan fingerprint density at radius 1 is 1.00 bits per heavy atom. The van der Waals surface area contributed by atoms with Crippen LogP contribution in [0.2, 0.25) is 0 Å². The molecule has 0 radical (unpaired) electrons. The number of rotatable bonds is 15. The van der Waals surface area contributed by atoms with Crippen molar-refractivity contribution in [2.24, 2.45) is 5.73 Å². The lowest BCUT2D eigenvalue weighted by Gasteiger charge is -2.37. The molecule has 17 heteroatoms. The minimum Gasteiger partial charge on any atom is -0.381 e. The number of carbonyl (C=O) groups is 6. The van der Waals surface area contributed by atoms with Crippen molar-refractivity contribution in [2.75, 3.05) is 54.1 Å². The zero-order valence-corrected chi connectivity index (χ0v) is 32.5. The number of fused-ring (bicyclic) bond motifs is 1. The molecule has 6 amide bonds. The van der Waals surface area contributed by atoms with Gasteiger partial charge in [-0.15, -0.1) is 0 Å². The van der Waals surface area contributed by atoms with Crippen LogP contribution in [0.4, 0.5) is 23.0 Å². The molecular formula is C39H48N10O6S. The zero-order chi connectivity index (χ0) is 40.0. The second-order valence-electron chi connectivity index (χ2n) is 14.8. The van der Waals surface area contributed by atoms with Crippen molar-refractivity contribution < 1.29 is 28.8 Å². The van der Waals surface area contributed by atoms with Gasteiger partial charge in [0.2, 0.25) is 23.6 Å². The first kappa shape index (κ1) is 40.1. The molecule has 0 saturated carbocycles. The standard InChI is InChI=1S/C39H48N10O6S/c1-39(41)14-18-48(19-15-39)30-23-43-36(34(40)45-30)56-26-9-7-8-24(20-26)44-33(52)22-32(51)42-16-5-3-4-6-17-47(2)25-10-11-27-28(21-25)38(55)49(37(27)54)29-12-13-31(50)46-35(29)53/h7-11,20-21,23,29H,3-6,12-19,22,41H2,1-2H3,(H2,40,45)(H,42,51)(H,44,52)(H,46,50,53). The maximum absolute atomic E-state index is 13.2. The van der Waals surface area contributed by atoms with Gasteiger partial charge in [0, 0.05) is 61.5 Å². The number of nitrogen functional groups attached to an aromatic ring is 1. The topological polar surface area (TPSA) is 226 Å². The van der Waals surface area contributed by atoms with Gasteiger partial charge in [0.15, 0.2) is 5.82 Å². The van der Waals surface area contributed by atoms with Gasteiger partial charge in [-0.2, -0.15) is 0 Å². The summed E-state index contributed by atoms with van der Waals surface area (Å²) in [5.74, 6) is -1.86. The molecule has 16 nitrogen and oxygen atoms in total. The molecule has 2 aromatic carbocycles. The van der Waals surface area contributed by atoms with Crippen LogP contribution in [0.5, 0.6) is 0 Å². The Labute approximate surface area is 329 Å². The van der Waals surface area contributed by atoms with Crippen molar-refractivity contribution in [1.82, 2.24) is 25.5 Å². The summed E-state index contributed by atoms with van der Waals surface area (Å²) in [5, 5.41) is 8.36. The van der Waals surface area contributed by atoms with Gasteiger partial charge in [-0.25, -0.2) is 9.97 Å². The molecule has 56 heavy (non-hydrogen) atoms. The molecule has 2 saturated heterocycles. The van der Waals surface area contributed by atoms with Crippen LogP contribution in [0, 0.1) is 0 Å². The van der Waals surface area contributed by atoms with Gasteiger partial charge in [-0.1, -0.05) is 30.7 Å². The van der Waals surface area contributed by atoms with E-state index in [1.54, 1.807) is 42.6 Å². The average molecular weight is 785 g/mol. The lowest BCUT2D eigenvalue weighted by Crippen LogP contribution is -2.54. The fourth-order valence-corrected chi connectivity index (χ4v) is 7.71. The van der Waals surface area contributed by atoms with E-state index in [1.165, 1.54) is 11.8 Å². The Bertz CT molecular complexity index is 2020. The summed E-state index contributed by atoms with van der Waals surface area (Å²) in [4.78, 5) is 90.1. The number of nitrogens with zero attached hydrogens (tertiary/aromatic N) is 5. The van der Waals surface area contributed by atoms with Crippen LogP contribution in [0.3, 0.4) is 0 Å². The predicted molar refractivity (Wildman–Crippen MR) is 212 cm³/mol. The molecule has 3 aliphatic heterocycles. The average Bonchev–Trinajstić information content (AvgIpc) is 3.40. The van der Waals surface area contributed by atoms with Crippen LogP contribution in [0.1, 0.15) is 85.4 Å². The van der Waals surface area contributed by atoms with Crippen molar-refractivity contribution in [1.29, 1.82) is 0 Å². The van der Waals surface area contributed by atoms with Gasteiger partial charge < -0.3 is 31.9 Å². The number of benzene rings is 2. The smallest absolute Gasteiger partial charge is 0.262 e. The minimum atomic E-state index is -1.00. The largest absolute Gasteiger partial charge is 0.381 e. The summed E-state index contributed by atoms with van der Waals surface area (Å²) in [6.07, 6.45) is 6.69. The molecule has 6 rings (SSSR count). The summed E-state index contributed by atoms with van der Waals surface area (Å²) < 4.78 is 0. The van der Waals surface area contributed by atoms with Gasteiger partial charge >= 0.3 is 0 Å². The molecule has 0 aliphatic carbocycles. The number of amides is 6. The second kappa shape index (κ2) is 17.5. The highest BCUT2D eigenvalue weighted by atomic mass is 32.2. The summed E-state index contributed by atoms with van der Waals surface area (Å²) in [7, 11) is 1.90. The highest BCUT2D eigenvalue weighted by molar-refractivity contribution is 7.99. The molecule has 1 atom stereocenters. The minimum absolute atomic E-state index is 0.0673. The van der Waals surface area contributed by atoms with Crippen LogP contribution in [-0.2, 0) is 19.2 Å². The zero-order valence-electron chi connectivity index (χ0n) is 31.6. The van der Waals surface area contributed by atoms with E-state index in [0.717, 1.165) is 72.9 Å². The van der Waals surface area contributed by atoms with Crippen LogP contribution in [-0.4, -0.2) is 95.1 Å². The molecule has 3 aromatic rings. The Kier molecular flexibility index (Phi) is 12.5. The highest BCUT2D eigenvalue weighted by Gasteiger charge is 2.44. The van der Waals surface area contributed by atoms with Gasteiger partial charge in [0.1, 0.15) is 23.3 Å². The number of piperidine rings is 2. The SMILES string of the molecule is CN(CCCCCCNC(=O)CC(=O)Nc1cccc(Sc2ncc(N3CCC(C)(N)CC3)nc2N)c1)c1ccc2c(c1)C(=O)N(C1CCC(=O)NC1=O)C2=O. The van der Waals surface area contributed by atoms with E-state index >= 15 is 0 Å². The summed E-state index contributed by atoms with van der Waals surface area (Å²) >= 11 is 1.34. The predicted octanol–water partition coefficient (Wildman–Crippen LogP) is 3.07. The molecular weight excluding hydrogens is 737 g/mol. The Morgan fingerprint density at radius 3 is 2.50 bits per heavy atom. The third-order valence-electron chi connectivity index (χ3n) is 10.2. The molecule has 7 N–H and O–H groups in total. The van der Waals surface area contributed by atoms with Crippen LogP contribution < -0.4 is 37.2 Å². The normalized spacial score (nSPS) is 17.7. The number of imide groups is 2. The molecule has 4 heterocycles. The van der Waals surface area contributed by atoms with Gasteiger partial charge in [0.05, 0.1) is 17.3 Å². The van der Waals surface area contributed by atoms with Crippen molar-refractivity contribution in [3.8, 4) is 0 Å². The fraction of sp³-hybridized carbons (Fsp3) is 0.436. The lowest BCUT2D eigenvalue weighted by molar-refractivity contribution is -0.136. The first-order chi connectivity index (χ1) is 26.8. The van der Waals surface area contributed by atoms with E-state index < -0.39 is 35.6 Å². The number of nitrogens with two attached hydrogens (primary N) is 2. The van der Waals surface area contributed by atoms with Crippen molar-refractivity contribution in [3.63, 3.8) is 0 Å². The molecule has 296 valence electrons. The summed E-state index contributed by atoms with van der Waals surface area (Å²) in [6.45, 7) is 4.79. The lowest BCUT2D eigenvalue weighted by atomic mass is 9.91.